The van der Waals surface area contributed by atoms with Crippen molar-refractivity contribution in [3.63, 3.8) is 0 Å². The van der Waals surface area contributed by atoms with Gasteiger partial charge in [-0.05, 0) is 55.3 Å². The summed E-state index contributed by atoms with van der Waals surface area (Å²) in [6.45, 7) is -1.39. The van der Waals surface area contributed by atoms with Gasteiger partial charge in [-0.15, -0.1) is 0 Å². The highest BCUT2D eigenvalue weighted by atomic mass is 35.5. The van der Waals surface area contributed by atoms with Crippen LogP contribution in [0.2, 0.25) is 5.02 Å². The summed E-state index contributed by atoms with van der Waals surface area (Å²) in [4.78, 5) is 43.9. The molecule has 2 aromatic carbocycles. The number of carbonyl (C=O) groups is 3. The van der Waals surface area contributed by atoms with Gasteiger partial charge in [-0.3, -0.25) is 19.5 Å². The highest BCUT2D eigenvalue weighted by molar-refractivity contribution is 6.30. The van der Waals surface area contributed by atoms with Crippen LogP contribution >= 0.6 is 11.6 Å². The van der Waals surface area contributed by atoms with Gasteiger partial charge in [-0.2, -0.15) is 18.3 Å². The Morgan fingerprint density at radius 3 is 2.50 bits per heavy atom. The van der Waals surface area contributed by atoms with Crippen molar-refractivity contribution in [2.45, 2.75) is 24.6 Å². The highest BCUT2D eigenvalue weighted by Crippen LogP contribution is 2.40. The number of aromatic nitrogens is 2. The minimum atomic E-state index is -4.55. The van der Waals surface area contributed by atoms with Gasteiger partial charge in [0.2, 0.25) is 5.91 Å². The minimum Gasteiger partial charge on any atom is -0.345 e. The average molecular weight is 549 g/mol. The molecule has 3 amide bonds. The van der Waals surface area contributed by atoms with Gasteiger partial charge in [0.25, 0.3) is 11.8 Å². The third-order valence-electron chi connectivity index (χ3n) is 7.04. The van der Waals surface area contributed by atoms with Gasteiger partial charge < -0.3 is 20.0 Å². The third kappa shape index (κ3) is 5.00. The van der Waals surface area contributed by atoms with E-state index in [9.17, 15) is 27.6 Å². The molecular weight excluding hydrogens is 525 g/mol. The molecule has 2 aliphatic rings. The number of anilines is 1. The summed E-state index contributed by atoms with van der Waals surface area (Å²) in [5.41, 5.74) is 0.952. The van der Waals surface area contributed by atoms with E-state index in [-0.39, 0.29) is 44.4 Å². The second-order valence-electron chi connectivity index (χ2n) is 9.44. The fraction of sp³-hybridized carbons (Fsp3) is 0.360. The molecule has 3 heterocycles. The maximum absolute atomic E-state index is 13.7. The molecule has 5 rings (SSSR count). The molecule has 1 aromatic heterocycles. The number of amides is 3. The van der Waals surface area contributed by atoms with Crippen molar-refractivity contribution < 1.29 is 27.6 Å². The summed E-state index contributed by atoms with van der Waals surface area (Å²) < 4.78 is 37.6. The Morgan fingerprint density at radius 1 is 1.11 bits per heavy atom. The molecule has 38 heavy (non-hydrogen) atoms. The van der Waals surface area contributed by atoms with Gasteiger partial charge in [0, 0.05) is 34.7 Å². The first-order chi connectivity index (χ1) is 18.1. The smallest absolute Gasteiger partial charge is 0.345 e. The number of halogens is 4. The number of piperidine rings is 1. The van der Waals surface area contributed by atoms with Crippen LogP contribution in [0.4, 0.5) is 18.9 Å². The zero-order chi connectivity index (χ0) is 27.1. The molecule has 13 heteroatoms. The fourth-order valence-corrected chi connectivity index (χ4v) is 5.23. The van der Waals surface area contributed by atoms with Gasteiger partial charge in [-0.1, -0.05) is 11.6 Å². The van der Waals surface area contributed by atoms with Gasteiger partial charge in [-0.25, -0.2) is 0 Å². The van der Waals surface area contributed by atoms with E-state index in [1.807, 2.05) is 10.2 Å². The summed E-state index contributed by atoms with van der Waals surface area (Å²) in [5, 5.41) is 9.96. The van der Waals surface area contributed by atoms with Crippen molar-refractivity contribution in [2.24, 2.45) is 0 Å². The van der Waals surface area contributed by atoms with Crippen LogP contribution in [0.5, 0.6) is 0 Å². The van der Waals surface area contributed by atoms with E-state index >= 15 is 0 Å². The first-order valence-corrected chi connectivity index (χ1v) is 12.3. The predicted molar refractivity (Wildman–Crippen MR) is 134 cm³/mol. The molecule has 0 saturated carbocycles. The van der Waals surface area contributed by atoms with E-state index in [0.717, 1.165) is 10.9 Å². The lowest BCUT2D eigenvalue weighted by atomic mass is 9.85. The van der Waals surface area contributed by atoms with Gasteiger partial charge in [0.05, 0.1) is 18.4 Å². The van der Waals surface area contributed by atoms with Crippen LogP contribution in [0.3, 0.4) is 0 Å². The number of rotatable bonds is 5. The second kappa shape index (κ2) is 9.82. The molecule has 0 atom stereocenters. The van der Waals surface area contributed by atoms with E-state index in [1.165, 1.54) is 4.90 Å². The van der Waals surface area contributed by atoms with Crippen LogP contribution in [0.15, 0.2) is 48.7 Å². The molecule has 3 aromatic rings. The number of aromatic amines is 1. The number of likely N-dealkylation sites (tertiary alicyclic amines) is 1. The molecule has 2 aliphatic heterocycles. The number of fused-ring (bicyclic) bond motifs is 1. The Bertz CT molecular complexity index is 1370. The Morgan fingerprint density at radius 2 is 1.82 bits per heavy atom. The molecule has 2 N–H and O–H groups in total. The quantitative estimate of drug-likeness (QED) is 0.510. The summed E-state index contributed by atoms with van der Waals surface area (Å²) in [6, 6.07) is 12.1. The number of benzene rings is 2. The molecule has 2 fully saturated rings. The van der Waals surface area contributed by atoms with Crippen molar-refractivity contribution in [1.82, 2.24) is 25.3 Å². The van der Waals surface area contributed by atoms with Crippen LogP contribution < -0.4 is 10.2 Å². The van der Waals surface area contributed by atoms with Crippen LogP contribution in [0.25, 0.3) is 10.9 Å². The van der Waals surface area contributed by atoms with E-state index in [1.54, 1.807) is 53.6 Å². The van der Waals surface area contributed by atoms with Crippen molar-refractivity contribution in [2.75, 3.05) is 37.7 Å². The molecule has 200 valence electrons. The summed E-state index contributed by atoms with van der Waals surface area (Å²) in [6.07, 6.45) is -2.34. The Labute approximate surface area is 220 Å². The number of hydrogen-bond acceptors (Lipinski definition) is 5. The van der Waals surface area contributed by atoms with Crippen LogP contribution in [0.1, 0.15) is 23.2 Å². The lowest BCUT2D eigenvalue weighted by molar-refractivity contribution is -0.142. The fourth-order valence-electron chi connectivity index (χ4n) is 5.10. The molecular formula is C25H24ClF3N6O3. The number of nitrogens with zero attached hydrogens (tertiary/aromatic N) is 4. The lowest BCUT2D eigenvalue weighted by Gasteiger charge is -2.43. The van der Waals surface area contributed by atoms with E-state index < -0.39 is 30.7 Å². The SMILES string of the molecule is O=C(CN1CN(c2ccc(Cl)cc2)C2(CCN(C(=O)c3ccc4[nH]ncc4c3)CC2)C1=O)NCC(F)(F)F. The van der Waals surface area contributed by atoms with Crippen molar-refractivity contribution in [1.29, 1.82) is 0 Å². The van der Waals surface area contributed by atoms with Crippen LogP contribution in [-0.2, 0) is 9.59 Å². The van der Waals surface area contributed by atoms with E-state index in [4.69, 9.17) is 11.6 Å². The number of nitrogens with one attached hydrogen (secondary N) is 2. The topological polar surface area (TPSA) is 102 Å². The Kier molecular flexibility index (Phi) is 6.68. The maximum atomic E-state index is 13.7. The van der Waals surface area contributed by atoms with Gasteiger partial charge in [0.1, 0.15) is 18.6 Å². The molecule has 0 bridgehead atoms. The predicted octanol–water partition coefficient (Wildman–Crippen LogP) is 3.18. The first-order valence-electron chi connectivity index (χ1n) is 11.9. The van der Waals surface area contributed by atoms with Crippen molar-refractivity contribution in [3.8, 4) is 0 Å². The second-order valence-corrected chi connectivity index (χ2v) is 9.87. The third-order valence-corrected chi connectivity index (χ3v) is 7.29. The van der Waals surface area contributed by atoms with E-state index in [2.05, 4.69) is 10.2 Å². The van der Waals surface area contributed by atoms with Crippen LogP contribution in [0, 0.1) is 0 Å². The maximum Gasteiger partial charge on any atom is 0.405 e. The Hall–Kier alpha value is -3.80. The monoisotopic (exact) mass is 548 g/mol. The number of hydrogen-bond donors (Lipinski definition) is 2. The molecule has 1 spiro atoms. The number of alkyl halides is 3. The largest absolute Gasteiger partial charge is 0.405 e. The minimum absolute atomic E-state index is 0.0189. The van der Waals surface area contributed by atoms with Crippen molar-refractivity contribution in [3.05, 3.63) is 59.2 Å². The lowest BCUT2D eigenvalue weighted by Crippen LogP contribution is -2.57. The molecule has 0 radical (unpaired) electrons. The van der Waals surface area contributed by atoms with Crippen molar-refractivity contribution >= 4 is 45.9 Å². The molecule has 0 unspecified atom stereocenters. The zero-order valence-electron chi connectivity index (χ0n) is 20.1. The van der Waals surface area contributed by atoms with Gasteiger partial charge >= 0.3 is 6.18 Å². The summed E-state index contributed by atoms with van der Waals surface area (Å²) >= 11 is 6.04. The molecule has 0 aliphatic carbocycles. The zero-order valence-corrected chi connectivity index (χ0v) is 20.8. The number of H-pyrrole nitrogens is 1. The molecule has 9 nitrogen and oxygen atoms in total. The number of carbonyl (C=O) groups excluding carboxylic acids is 3. The Balaban J connectivity index is 1.34. The standard InChI is InChI=1S/C25H24ClF3N6O3/c26-18-2-4-19(5-3-18)35-15-34(13-21(36)30-14-25(27,28)29)23(38)24(35)7-9-33(10-8-24)22(37)16-1-6-20-17(11-16)12-31-32-20/h1-6,11-12H,7-10,13-15H2,(H,30,36)(H,31,32). The molecule has 2 saturated heterocycles. The summed E-state index contributed by atoms with van der Waals surface area (Å²) in [7, 11) is 0. The normalized spacial score (nSPS) is 17.5. The average Bonchev–Trinajstić information content (AvgIpc) is 3.46. The first kappa shape index (κ1) is 25.8. The summed E-state index contributed by atoms with van der Waals surface area (Å²) in [5.74, 6) is -1.43. The van der Waals surface area contributed by atoms with Crippen LogP contribution in [-0.4, -0.2) is 82.3 Å². The van der Waals surface area contributed by atoms with E-state index in [0.29, 0.717) is 16.3 Å². The highest BCUT2D eigenvalue weighted by Gasteiger charge is 2.54. The van der Waals surface area contributed by atoms with Gasteiger partial charge in [0.15, 0.2) is 0 Å².